The van der Waals surface area contributed by atoms with Crippen LogP contribution in [0.2, 0.25) is 0 Å². The maximum absolute atomic E-state index is 13.1. The molecular formula is C12H12FN3O. The lowest BCUT2D eigenvalue weighted by molar-refractivity contribution is 0.0950. The highest BCUT2D eigenvalue weighted by atomic mass is 19.1. The van der Waals surface area contributed by atoms with Gasteiger partial charge < -0.3 is 16.0 Å². The predicted octanol–water partition coefficient (Wildman–Crippen LogP) is 1.67. The number of aromatic amines is 1. The van der Waals surface area contributed by atoms with Crippen LogP contribution < -0.4 is 11.1 Å². The highest BCUT2D eigenvalue weighted by molar-refractivity contribution is 5.94. The first kappa shape index (κ1) is 11.2. The third-order valence-corrected chi connectivity index (χ3v) is 2.38. The number of aromatic nitrogens is 1. The molecule has 0 aliphatic rings. The van der Waals surface area contributed by atoms with Crippen molar-refractivity contribution in [2.75, 3.05) is 5.73 Å². The Labute approximate surface area is 97.6 Å². The number of carbonyl (C=O) groups excluding carboxylic acids is 1. The molecule has 88 valence electrons. The van der Waals surface area contributed by atoms with Crippen LogP contribution >= 0.6 is 0 Å². The minimum Gasteiger partial charge on any atom is -0.396 e. The van der Waals surface area contributed by atoms with E-state index in [-0.39, 0.29) is 17.2 Å². The number of anilines is 1. The number of benzene rings is 1. The predicted molar refractivity (Wildman–Crippen MR) is 62.8 cm³/mol. The number of hydrogen-bond donors (Lipinski definition) is 3. The van der Waals surface area contributed by atoms with E-state index >= 15 is 0 Å². The Kier molecular flexibility index (Phi) is 3.09. The van der Waals surface area contributed by atoms with E-state index in [1.807, 2.05) is 6.07 Å². The summed E-state index contributed by atoms with van der Waals surface area (Å²) in [6.07, 6.45) is 3.55. The van der Waals surface area contributed by atoms with Gasteiger partial charge in [-0.25, -0.2) is 4.39 Å². The van der Waals surface area contributed by atoms with Gasteiger partial charge in [-0.2, -0.15) is 0 Å². The summed E-state index contributed by atoms with van der Waals surface area (Å²) in [5.41, 5.74) is 6.57. The van der Waals surface area contributed by atoms with E-state index in [4.69, 9.17) is 5.73 Å². The number of hydrogen-bond acceptors (Lipinski definition) is 2. The first-order valence-corrected chi connectivity index (χ1v) is 5.11. The summed E-state index contributed by atoms with van der Waals surface area (Å²) in [6, 6.07) is 5.84. The zero-order chi connectivity index (χ0) is 12.3. The molecule has 0 saturated carbocycles. The van der Waals surface area contributed by atoms with Crippen molar-refractivity contribution in [1.29, 1.82) is 0 Å². The van der Waals surface area contributed by atoms with Crippen LogP contribution in [0.4, 0.5) is 10.1 Å². The fourth-order valence-corrected chi connectivity index (χ4v) is 1.42. The van der Waals surface area contributed by atoms with Crippen LogP contribution in [-0.4, -0.2) is 10.9 Å². The molecular weight excluding hydrogens is 221 g/mol. The molecule has 2 aromatic rings. The molecule has 0 bridgehead atoms. The molecule has 1 aromatic carbocycles. The highest BCUT2D eigenvalue weighted by Crippen LogP contribution is 2.11. The molecule has 0 aliphatic heterocycles. The average Bonchev–Trinajstić information content (AvgIpc) is 2.82. The molecule has 0 saturated heterocycles. The molecule has 17 heavy (non-hydrogen) atoms. The summed E-state index contributed by atoms with van der Waals surface area (Å²) >= 11 is 0. The van der Waals surface area contributed by atoms with Crippen molar-refractivity contribution in [3.05, 3.63) is 53.6 Å². The maximum Gasteiger partial charge on any atom is 0.251 e. The van der Waals surface area contributed by atoms with E-state index in [9.17, 15) is 9.18 Å². The first-order chi connectivity index (χ1) is 8.16. The van der Waals surface area contributed by atoms with Crippen molar-refractivity contribution in [2.45, 2.75) is 6.54 Å². The summed E-state index contributed by atoms with van der Waals surface area (Å²) in [5.74, 6) is -0.913. The monoisotopic (exact) mass is 233 g/mol. The molecule has 0 atom stereocenters. The Hall–Kier alpha value is -2.30. The Balaban J connectivity index is 2.02. The molecule has 4 N–H and O–H groups in total. The molecule has 0 fully saturated rings. The molecule has 5 heteroatoms. The summed E-state index contributed by atoms with van der Waals surface area (Å²) in [5, 5.41) is 2.68. The summed E-state index contributed by atoms with van der Waals surface area (Å²) < 4.78 is 13.1. The molecule has 1 heterocycles. The zero-order valence-electron chi connectivity index (χ0n) is 9.03. The second kappa shape index (κ2) is 4.69. The smallest absolute Gasteiger partial charge is 0.251 e. The van der Waals surface area contributed by atoms with Gasteiger partial charge >= 0.3 is 0 Å². The van der Waals surface area contributed by atoms with Crippen LogP contribution in [0.25, 0.3) is 0 Å². The third-order valence-electron chi connectivity index (χ3n) is 2.38. The van der Waals surface area contributed by atoms with E-state index in [0.717, 1.165) is 11.6 Å². The van der Waals surface area contributed by atoms with Gasteiger partial charge in [0, 0.05) is 24.5 Å². The van der Waals surface area contributed by atoms with Crippen LogP contribution in [0.1, 0.15) is 15.9 Å². The summed E-state index contributed by atoms with van der Waals surface area (Å²) in [4.78, 5) is 14.6. The van der Waals surface area contributed by atoms with Gasteiger partial charge in [0.1, 0.15) is 5.82 Å². The van der Waals surface area contributed by atoms with Crippen LogP contribution in [0.15, 0.2) is 36.7 Å². The zero-order valence-corrected chi connectivity index (χ0v) is 9.03. The number of halogens is 1. The number of H-pyrrole nitrogens is 1. The molecule has 0 aliphatic carbocycles. The number of nitrogen functional groups attached to an aromatic ring is 1. The van der Waals surface area contributed by atoms with Crippen LogP contribution in [0.3, 0.4) is 0 Å². The molecule has 0 radical (unpaired) electrons. The second-order valence-electron chi connectivity index (χ2n) is 3.64. The van der Waals surface area contributed by atoms with Crippen molar-refractivity contribution in [3.8, 4) is 0 Å². The minimum atomic E-state index is -0.584. The lowest BCUT2D eigenvalue weighted by Gasteiger charge is -2.04. The van der Waals surface area contributed by atoms with Crippen molar-refractivity contribution in [2.24, 2.45) is 0 Å². The second-order valence-corrected chi connectivity index (χ2v) is 3.64. The van der Waals surface area contributed by atoms with E-state index in [1.165, 1.54) is 12.1 Å². The third kappa shape index (κ3) is 2.63. The average molecular weight is 233 g/mol. The SMILES string of the molecule is Nc1ccc(C(=O)NCc2cc[nH]c2)cc1F. The minimum absolute atomic E-state index is 0.0344. The van der Waals surface area contributed by atoms with Crippen LogP contribution in [-0.2, 0) is 6.54 Å². The van der Waals surface area contributed by atoms with E-state index < -0.39 is 5.82 Å². The van der Waals surface area contributed by atoms with Gasteiger partial charge in [-0.05, 0) is 29.8 Å². The van der Waals surface area contributed by atoms with Gasteiger partial charge in [0.2, 0.25) is 0 Å². The van der Waals surface area contributed by atoms with Gasteiger partial charge in [0.05, 0.1) is 5.69 Å². The first-order valence-electron chi connectivity index (χ1n) is 5.11. The van der Waals surface area contributed by atoms with Crippen LogP contribution in [0.5, 0.6) is 0 Å². The Morgan fingerprint density at radius 3 is 2.88 bits per heavy atom. The quantitative estimate of drug-likeness (QED) is 0.705. The van der Waals surface area contributed by atoms with Gasteiger partial charge in [-0.3, -0.25) is 4.79 Å². The number of carbonyl (C=O) groups is 1. The van der Waals surface area contributed by atoms with Crippen molar-refractivity contribution in [3.63, 3.8) is 0 Å². The molecule has 4 nitrogen and oxygen atoms in total. The number of amides is 1. The molecule has 0 spiro atoms. The normalized spacial score (nSPS) is 10.2. The van der Waals surface area contributed by atoms with Gasteiger partial charge in [-0.1, -0.05) is 0 Å². The lowest BCUT2D eigenvalue weighted by Crippen LogP contribution is -2.22. The molecule has 1 amide bonds. The number of nitrogens with two attached hydrogens (primary N) is 1. The lowest BCUT2D eigenvalue weighted by atomic mass is 10.2. The fraction of sp³-hybridized carbons (Fsp3) is 0.0833. The van der Waals surface area contributed by atoms with Crippen LogP contribution in [0, 0.1) is 5.82 Å². The Bertz CT molecular complexity index is 523. The molecule has 2 rings (SSSR count). The Morgan fingerprint density at radius 2 is 2.24 bits per heavy atom. The standard InChI is InChI=1S/C12H12FN3O/c13-10-5-9(1-2-11(10)14)12(17)16-7-8-3-4-15-6-8/h1-6,15H,7,14H2,(H,16,17). The van der Waals surface area contributed by atoms with Crippen molar-refractivity contribution < 1.29 is 9.18 Å². The number of nitrogens with one attached hydrogen (secondary N) is 2. The number of rotatable bonds is 3. The highest BCUT2D eigenvalue weighted by Gasteiger charge is 2.08. The largest absolute Gasteiger partial charge is 0.396 e. The fourth-order valence-electron chi connectivity index (χ4n) is 1.42. The van der Waals surface area contributed by atoms with Gasteiger partial charge in [0.25, 0.3) is 5.91 Å². The van der Waals surface area contributed by atoms with E-state index in [0.29, 0.717) is 6.54 Å². The topological polar surface area (TPSA) is 70.9 Å². The summed E-state index contributed by atoms with van der Waals surface area (Å²) in [6.45, 7) is 0.397. The van der Waals surface area contributed by atoms with Gasteiger partial charge in [0.15, 0.2) is 0 Å². The van der Waals surface area contributed by atoms with E-state index in [2.05, 4.69) is 10.3 Å². The maximum atomic E-state index is 13.1. The molecule has 0 unspecified atom stereocenters. The van der Waals surface area contributed by atoms with Gasteiger partial charge in [-0.15, -0.1) is 0 Å². The van der Waals surface area contributed by atoms with E-state index in [1.54, 1.807) is 12.4 Å². The van der Waals surface area contributed by atoms with Crippen molar-refractivity contribution in [1.82, 2.24) is 10.3 Å². The molecule has 1 aromatic heterocycles. The summed E-state index contributed by atoms with van der Waals surface area (Å²) in [7, 11) is 0. The Morgan fingerprint density at radius 1 is 1.41 bits per heavy atom. The van der Waals surface area contributed by atoms with Crippen molar-refractivity contribution >= 4 is 11.6 Å².